The number of rotatable bonds is 6. The molecule has 1 rings (SSSR count). The van der Waals surface area contributed by atoms with Gasteiger partial charge in [0.25, 0.3) is 9.05 Å². The minimum Gasteiger partial charge on any atom is -0.268 e. The van der Waals surface area contributed by atoms with Gasteiger partial charge in [0.15, 0.2) is 0 Å². The van der Waals surface area contributed by atoms with Crippen LogP contribution in [0.15, 0.2) is 17.0 Å². The number of aryl methyl sites for hydroxylation is 2. The average molecular weight is 291 g/mol. The third-order valence-corrected chi connectivity index (χ3v) is 4.16. The molecule has 0 saturated carbocycles. The van der Waals surface area contributed by atoms with Gasteiger partial charge in [-0.2, -0.15) is 5.10 Å². The quantitative estimate of drug-likeness (QED) is 0.598. The van der Waals surface area contributed by atoms with E-state index >= 15 is 0 Å². The van der Waals surface area contributed by atoms with Gasteiger partial charge in [-0.05, 0) is 26.2 Å². The van der Waals surface area contributed by atoms with Crippen molar-refractivity contribution in [1.29, 1.82) is 0 Å². The van der Waals surface area contributed by atoms with Crippen LogP contribution in [-0.4, -0.2) is 18.2 Å². The van der Waals surface area contributed by atoms with Gasteiger partial charge in [-0.15, -0.1) is 6.58 Å². The highest BCUT2D eigenvalue weighted by atomic mass is 35.7. The molecule has 0 radical (unpaired) electrons. The predicted octanol–water partition coefficient (Wildman–Crippen LogP) is 2.90. The molecule has 0 aliphatic rings. The fourth-order valence-corrected chi connectivity index (χ4v) is 3.40. The molecule has 0 aromatic carbocycles. The molecule has 4 nitrogen and oxygen atoms in total. The number of allylic oxidation sites excluding steroid dienone is 1. The van der Waals surface area contributed by atoms with E-state index in [1.54, 1.807) is 4.68 Å². The molecule has 0 N–H and O–H groups in total. The number of aromatic nitrogens is 2. The van der Waals surface area contributed by atoms with E-state index in [0.717, 1.165) is 12.0 Å². The van der Waals surface area contributed by atoms with E-state index in [1.807, 2.05) is 20.8 Å². The number of hydrogen-bond acceptors (Lipinski definition) is 3. The van der Waals surface area contributed by atoms with Gasteiger partial charge in [-0.25, -0.2) is 8.42 Å². The second-order valence-corrected chi connectivity index (χ2v) is 6.80. The Kier molecular flexibility index (Phi) is 4.99. The molecule has 6 heteroatoms. The van der Waals surface area contributed by atoms with Crippen molar-refractivity contribution in [3.8, 4) is 0 Å². The highest BCUT2D eigenvalue weighted by Gasteiger charge is 2.25. The minimum atomic E-state index is -3.74. The summed E-state index contributed by atoms with van der Waals surface area (Å²) in [7, 11) is 1.76. The summed E-state index contributed by atoms with van der Waals surface area (Å²) in [6, 6.07) is 0. The Bertz CT molecular complexity index is 547. The normalized spacial score (nSPS) is 11.8. The Morgan fingerprint density at radius 1 is 1.39 bits per heavy atom. The molecule has 0 aliphatic heterocycles. The molecule has 1 aromatic heterocycles. The zero-order valence-electron chi connectivity index (χ0n) is 11.0. The molecule has 0 unspecified atom stereocenters. The van der Waals surface area contributed by atoms with Crippen molar-refractivity contribution >= 4 is 19.7 Å². The minimum absolute atomic E-state index is 0.191. The van der Waals surface area contributed by atoms with Crippen LogP contribution in [0.3, 0.4) is 0 Å². The van der Waals surface area contributed by atoms with E-state index in [-0.39, 0.29) is 4.90 Å². The topological polar surface area (TPSA) is 52.0 Å². The van der Waals surface area contributed by atoms with Crippen molar-refractivity contribution in [2.45, 2.75) is 51.5 Å². The average Bonchev–Trinajstić information content (AvgIpc) is 2.63. The van der Waals surface area contributed by atoms with Crippen LogP contribution in [0, 0.1) is 0 Å². The second-order valence-electron chi connectivity index (χ2n) is 4.30. The first-order valence-electron chi connectivity index (χ1n) is 5.98. The highest BCUT2D eigenvalue weighted by Crippen LogP contribution is 2.25. The van der Waals surface area contributed by atoms with Gasteiger partial charge in [0, 0.05) is 17.2 Å². The van der Waals surface area contributed by atoms with Crippen LogP contribution in [0.2, 0.25) is 0 Å². The van der Waals surface area contributed by atoms with E-state index in [0.29, 0.717) is 30.8 Å². The van der Waals surface area contributed by atoms with Gasteiger partial charge in [0.05, 0.1) is 11.4 Å². The lowest BCUT2D eigenvalue weighted by molar-refractivity contribution is 0.576. The van der Waals surface area contributed by atoms with Crippen molar-refractivity contribution in [2.24, 2.45) is 0 Å². The summed E-state index contributed by atoms with van der Waals surface area (Å²) in [5.41, 5.74) is 2.27. The smallest absolute Gasteiger partial charge is 0.264 e. The molecule has 0 aliphatic carbocycles. The van der Waals surface area contributed by atoms with Gasteiger partial charge in [-0.1, -0.05) is 19.4 Å². The summed E-state index contributed by atoms with van der Waals surface area (Å²) in [5, 5.41) is 4.35. The van der Waals surface area contributed by atoms with Gasteiger partial charge in [-0.3, -0.25) is 4.68 Å². The van der Waals surface area contributed by atoms with Crippen LogP contribution >= 0.6 is 10.7 Å². The molecular formula is C12H19ClN2O2S. The van der Waals surface area contributed by atoms with Crippen LogP contribution in [0.5, 0.6) is 0 Å². The van der Waals surface area contributed by atoms with Crippen LogP contribution in [0.4, 0.5) is 0 Å². The van der Waals surface area contributed by atoms with Crippen molar-refractivity contribution in [3.05, 3.63) is 23.5 Å². The van der Waals surface area contributed by atoms with E-state index in [9.17, 15) is 8.42 Å². The monoisotopic (exact) mass is 290 g/mol. The third kappa shape index (κ3) is 3.36. The van der Waals surface area contributed by atoms with Gasteiger partial charge in [0.2, 0.25) is 0 Å². The molecule has 0 spiro atoms. The Balaban J connectivity index is 3.29. The maximum Gasteiger partial charge on any atom is 0.264 e. The van der Waals surface area contributed by atoms with E-state index in [4.69, 9.17) is 10.7 Å². The Hall–Kier alpha value is -0.810. The molecular weight excluding hydrogens is 272 g/mol. The van der Waals surface area contributed by atoms with Crippen molar-refractivity contribution < 1.29 is 8.42 Å². The van der Waals surface area contributed by atoms with Crippen LogP contribution in [-0.2, 0) is 28.4 Å². The van der Waals surface area contributed by atoms with Crippen molar-refractivity contribution in [3.63, 3.8) is 0 Å². The molecule has 0 bridgehead atoms. The standard InChI is InChI=1S/C12H19ClN2O2S/c1-5-10-12(18(13,16)17)11(6-2)15(14-10)8-7-9(3)4/h3,5-8H2,1-2,4H3. The molecule has 102 valence electrons. The molecule has 0 saturated heterocycles. The number of hydrogen-bond donors (Lipinski definition) is 0. The fourth-order valence-electron chi connectivity index (χ4n) is 1.87. The SMILES string of the molecule is C=C(C)CCn1nc(CC)c(S(=O)(=O)Cl)c1CC. The first-order valence-corrected chi connectivity index (χ1v) is 8.29. The second kappa shape index (κ2) is 5.89. The first kappa shape index (κ1) is 15.2. The summed E-state index contributed by atoms with van der Waals surface area (Å²) in [5.74, 6) is 0. The van der Waals surface area contributed by atoms with Crippen LogP contribution in [0.25, 0.3) is 0 Å². The van der Waals surface area contributed by atoms with E-state index < -0.39 is 9.05 Å². The summed E-state index contributed by atoms with van der Waals surface area (Å²) in [6.45, 7) is 10.2. The lowest BCUT2D eigenvalue weighted by Gasteiger charge is -2.06. The maximum absolute atomic E-state index is 11.6. The maximum atomic E-state index is 11.6. The molecule has 18 heavy (non-hydrogen) atoms. The largest absolute Gasteiger partial charge is 0.268 e. The van der Waals surface area contributed by atoms with Crippen LogP contribution < -0.4 is 0 Å². The zero-order chi connectivity index (χ0) is 13.9. The molecule has 1 heterocycles. The third-order valence-electron chi connectivity index (χ3n) is 2.74. The van der Waals surface area contributed by atoms with Gasteiger partial charge < -0.3 is 0 Å². The van der Waals surface area contributed by atoms with E-state index in [2.05, 4.69) is 11.7 Å². The summed E-state index contributed by atoms with van der Waals surface area (Å²) >= 11 is 0. The summed E-state index contributed by atoms with van der Waals surface area (Å²) in [6.07, 6.45) is 1.92. The van der Waals surface area contributed by atoms with Gasteiger partial charge in [0.1, 0.15) is 4.90 Å². The molecule has 1 aromatic rings. The number of nitrogens with zero attached hydrogens (tertiary/aromatic N) is 2. The molecule has 0 amide bonds. The molecule has 0 atom stereocenters. The van der Waals surface area contributed by atoms with E-state index in [1.165, 1.54) is 0 Å². The molecule has 0 fully saturated rings. The highest BCUT2D eigenvalue weighted by molar-refractivity contribution is 8.13. The summed E-state index contributed by atoms with van der Waals surface area (Å²) < 4.78 is 25.0. The Labute approximate surface area is 113 Å². The Morgan fingerprint density at radius 2 is 2.00 bits per heavy atom. The zero-order valence-corrected chi connectivity index (χ0v) is 12.6. The lowest BCUT2D eigenvalue weighted by atomic mass is 10.2. The first-order chi connectivity index (χ1) is 8.31. The predicted molar refractivity (Wildman–Crippen MR) is 73.5 cm³/mol. The number of halogens is 1. The fraction of sp³-hybridized carbons (Fsp3) is 0.583. The van der Waals surface area contributed by atoms with Gasteiger partial charge >= 0.3 is 0 Å². The van der Waals surface area contributed by atoms with Crippen LogP contribution in [0.1, 0.15) is 38.6 Å². The summed E-state index contributed by atoms with van der Waals surface area (Å²) in [4.78, 5) is 0.191. The van der Waals surface area contributed by atoms with Crippen molar-refractivity contribution in [2.75, 3.05) is 0 Å². The lowest BCUT2D eigenvalue weighted by Crippen LogP contribution is -2.06. The van der Waals surface area contributed by atoms with Crippen molar-refractivity contribution in [1.82, 2.24) is 9.78 Å². The Morgan fingerprint density at radius 3 is 2.39 bits per heavy atom.